The van der Waals surface area contributed by atoms with Crippen molar-refractivity contribution in [1.82, 2.24) is 19.7 Å². The molecule has 0 saturated carbocycles. The van der Waals surface area contributed by atoms with Crippen LogP contribution >= 0.6 is 0 Å². The number of amides is 1. The van der Waals surface area contributed by atoms with Crippen LogP contribution in [-0.4, -0.2) is 26.8 Å². The van der Waals surface area contributed by atoms with Gasteiger partial charge in [-0.05, 0) is 35.6 Å². The van der Waals surface area contributed by atoms with Gasteiger partial charge in [-0.15, -0.1) is 0 Å². The van der Waals surface area contributed by atoms with Crippen molar-refractivity contribution in [2.75, 3.05) is 6.54 Å². The second-order valence-corrected chi connectivity index (χ2v) is 9.02. The zero-order valence-electron chi connectivity index (χ0n) is 19.9. The lowest BCUT2D eigenvalue weighted by Crippen LogP contribution is -2.35. The average Bonchev–Trinajstić information content (AvgIpc) is 3.20. The largest absolute Gasteiger partial charge is 0.354 e. The Morgan fingerprint density at radius 1 is 0.943 bits per heavy atom. The van der Waals surface area contributed by atoms with Gasteiger partial charge in [0.2, 0.25) is 5.91 Å². The fraction of sp³-hybridized carbons (Fsp3) is 0.207. The second-order valence-electron chi connectivity index (χ2n) is 9.02. The molecule has 0 unspecified atom stereocenters. The minimum Gasteiger partial charge on any atom is -0.354 e. The van der Waals surface area contributed by atoms with Gasteiger partial charge in [0.05, 0.1) is 6.20 Å². The molecule has 0 bridgehead atoms. The molecule has 0 aliphatic heterocycles. The van der Waals surface area contributed by atoms with E-state index in [2.05, 4.69) is 36.4 Å². The fourth-order valence-corrected chi connectivity index (χ4v) is 4.59. The lowest BCUT2D eigenvalue weighted by atomic mass is 10.0. The van der Waals surface area contributed by atoms with Crippen LogP contribution in [0.25, 0.3) is 21.8 Å². The summed E-state index contributed by atoms with van der Waals surface area (Å²) in [6, 6.07) is 26.2. The Bertz CT molecular complexity index is 1570. The first kappa shape index (κ1) is 22.6. The quantitative estimate of drug-likeness (QED) is 0.382. The van der Waals surface area contributed by atoms with Gasteiger partial charge in [-0.1, -0.05) is 79.7 Å². The van der Waals surface area contributed by atoms with Crippen molar-refractivity contribution < 1.29 is 4.79 Å². The lowest BCUT2D eigenvalue weighted by Gasteiger charge is -2.13. The lowest BCUT2D eigenvalue weighted by molar-refractivity contribution is -0.121. The smallest absolute Gasteiger partial charge is 0.291 e. The molecule has 176 valence electrons. The number of aryl methyl sites for hydroxylation is 1. The van der Waals surface area contributed by atoms with Gasteiger partial charge < -0.3 is 9.88 Å². The molecule has 3 aromatic carbocycles. The van der Waals surface area contributed by atoms with Crippen molar-refractivity contribution in [3.63, 3.8) is 0 Å². The van der Waals surface area contributed by atoms with Crippen molar-refractivity contribution in [2.45, 2.75) is 32.9 Å². The molecule has 6 nitrogen and oxygen atoms in total. The summed E-state index contributed by atoms with van der Waals surface area (Å²) in [7, 11) is 0. The average molecular weight is 465 g/mol. The normalized spacial score (nSPS) is 12.2. The van der Waals surface area contributed by atoms with E-state index in [1.54, 1.807) is 6.20 Å². The van der Waals surface area contributed by atoms with Crippen LogP contribution in [0, 0.1) is 6.92 Å². The number of nitrogens with one attached hydrogen (secondary N) is 1. The molecule has 0 aliphatic carbocycles. The number of aromatic nitrogens is 3. The highest BCUT2D eigenvalue weighted by molar-refractivity contribution is 6.07. The summed E-state index contributed by atoms with van der Waals surface area (Å²) in [5.41, 5.74) is 4.74. The van der Waals surface area contributed by atoms with Gasteiger partial charge in [0.1, 0.15) is 12.1 Å². The van der Waals surface area contributed by atoms with Crippen LogP contribution in [0.5, 0.6) is 0 Å². The first-order valence-electron chi connectivity index (χ1n) is 11.9. The number of carbonyl (C=O) groups is 1. The summed E-state index contributed by atoms with van der Waals surface area (Å²) in [5, 5.41) is 9.08. The maximum atomic E-state index is 13.6. The molecule has 0 fully saturated rings. The number of benzene rings is 3. The van der Waals surface area contributed by atoms with Gasteiger partial charge in [-0.3, -0.25) is 9.59 Å². The fourth-order valence-electron chi connectivity index (χ4n) is 4.59. The molecule has 0 saturated heterocycles. The molecule has 1 atom stereocenters. The van der Waals surface area contributed by atoms with Gasteiger partial charge in [0.25, 0.3) is 5.56 Å². The van der Waals surface area contributed by atoms with E-state index < -0.39 is 0 Å². The monoisotopic (exact) mass is 464 g/mol. The molecule has 35 heavy (non-hydrogen) atoms. The van der Waals surface area contributed by atoms with Crippen LogP contribution in [0.1, 0.15) is 29.5 Å². The Balaban J connectivity index is 1.46. The summed E-state index contributed by atoms with van der Waals surface area (Å²) in [6.07, 6.45) is 1.70. The topological polar surface area (TPSA) is 68.9 Å². The molecule has 0 aliphatic rings. The molecular formula is C29H28N4O2. The zero-order chi connectivity index (χ0) is 24.4. The number of hydrogen-bond donors (Lipinski definition) is 1. The number of hydrogen-bond acceptors (Lipinski definition) is 3. The van der Waals surface area contributed by atoms with E-state index in [-0.39, 0.29) is 23.9 Å². The maximum absolute atomic E-state index is 13.6. The summed E-state index contributed by atoms with van der Waals surface area (Å²) >= 11 is 0. The summed E-state index contributed by atoms with van der Waals surface area (Å²) < 4.78 is 3.31. The van der Waals surface area contributed by atoms with Gasteiger partial charge in [0.15, 0.2) is 0 Å². The Morgan fingerprint density at radius 3 is 2.46 bits per heavy atom. The van der Waals surface area contributed by atoms with E-state index in [4.69, 9.17) is 0 Å². The van der Waals surface area contributed by atoms with Crippen LogP contribution in [0.2, 0.25) is 0 Å². The standard InChI is InChI=1S/C29H28N4O2/c1-20-10-6-7-13-23(20)18-32-26-15-9-8-14-24(26)25-17-31-33(29(35)28(25)32)19-27(34)30-16-21(2)22-11-4-3-5-12-22/h3-15,17,21H,16,18-19H2,1-2H3,(H,30,34)/t21-/m0/s1. The van der Waals surface area contributed by atoms with Crippen molar-refractivity contribution in [3.05, 3.63) is 112 Å². The first-order chi connectivity index (χ1) is 17.0. The molecular weight excluding hydrogens is 436 g/mol. The van der Waals surface area contributed by atoms with E-state index in [1.165, 1.54) is 10.2 Å². The minimum atomic E-state index is -0.265. The molecule has 0 radical (unpaired) electrons. The highest BCUT2D eigenvalue weighted by atomic mass is 16.2. The van der Waals surface area contributed by atoms with Crippen LogP contribution in [0.15, 0.2) is 89.9 Å². The maximum Gasteiger partial charge on any atom is 0.291 e. The number of para-hydroxylation sites is 1. The predicted molar refractivity (Wildman–Crippen MR) is 140 cm³/mol. The molecule has 0 spiro atoms. The number of fused-ring (bicyclic) bond motifs is 3. The molecule has 1 amide bonds. The third kappa shape index (κ3) is 4.47. The third-order valence-electron chi connectivity index (χ3n) is 6.63. The van der Waals surface area contributed by atoms with Crippen molar-refractivity contribution in [1.29, 1.82) is 0 Å². The molecule has 5 rings (SSSR count). The van der Waals surface area contributed by atoms with Gasteiger partial charge >= 0.3 is 0 Å². The van der Waals surface area contributed by atoms with E-state index >= 15 is 0 Å². The molecule has 5 aromatic rings. The van der Waals surface area contributed by atoms with E-state index in [1.807, 2.05) is 71.3 Å². The SMILES string of the molecule is Cc1ccccc1Cn1c2ccccc2c2cnn(CC(=O)NC[C@H](C)c3ccccc3)c(=O)c21. The van der Waals surface area contributed by atoms with Crippen molar-refractivity contribution >= 4 is 27.7 Å². The predicted octanol–water partition coefficient (Wildman–Crippen LogP) is 4.63. The Hall–Kier alpha value is -4.19. The van der Waals surface area contributed by atoms with E-state index in [0.29, 0.717) is 18.6 Å². The first-order valence-corrected chi connectivity index (χ1v) is 11.9. The molecule has 2 heterocycles. The molecule has 6 heteroatoms. The number of rotatable bonds is 7. The van der Waals surface area contributed by atoms with E-state index in [0.717, 1.165) is 27.4 Å². The number of carbonyl (C=O) groups excluding carboxylic acids is 1. The zero-order valence-corrected chi connectivity index (χ0v) is 19.9. The molecule has 1 N–H and O–H groups in total. The summed E-state index contributed by atoms with van der Waals surface area (Å²) in [5.74, 6) is -0.0627. The van der Waals surface area contributed by atoms with Crippen molar-refractivity contribution in [2.24, 2.45) is 0 Å². The van der Waals surface area contributed by atoms with Crippen LogP contribution in [0.4, 0.5) is 0 Å². The Morgan fingerprint density at radius 2 is 1.66 bits per heavy atom. The highest BCUT2D eigenvalue weighted by Crippen LogP contribution is 2.27. The second kappa shape index (κ2) is 9.58. The van der Waals surface area contributed by atoms with Gasteiger partial charge in [0, 0.05) is 29.4 Å². The van der Waals surface area contributed by atoms with Crippen molar-refractivity contribution in [3.8, 4) is 0 Å². The summed E-state index contributed by atoms with van der Waals surface area (Å²) in [6.45, 7) is 5.08. The van der Waals surface area contributed by atoms with Gasteiger partial charge in [-0.2, -0.15) is 5.10 Å². The molecule has 2 aromatic heterocycles. The minimum absolute atomic E-state index is 0.123. The Labute approximate surface area is 203 Å². The Kier molecular flexibility index (Phi) is 6.19. The summed E-state index contributed by atoms with van der Waals surface area (Å²) in [4.78, 5) is 26.3. The third-order valence-corrected chi connectivity index (χ3v) is 6.63. The number of nitrogens with zero attached hydrogens (tertiary/aromatic N) is 3. The van der Waals surface area contributed by atoms with E-state index in [9.17, 15) is 9.59 Å². The van der Waals surface area contributed by atoms with Crippen LogP contribution in [0.3, 0.4) is 0 Å². The van der Waals surface area contributed by atoms with Crippen LogP contribution < -0.4 is 10.9 Å². The van der Waals surface area contributed by atoms with Gasteiger partial charge in [-0.25, -0.2) is 4.68 Å². The van der Waals surface area contributed by atoms with Crippen LogP contribution in [-0.2, 0) is 17.9 Å². The highest BCUT2D eigenvalue weighted by Gasteiger charge is 2.18.